The Bertz CT molecular complexity index is 222. The Hall–Kier alpha value is -0.530. The third kappa shape index (κ3) is 0.900. The number of nitrogens with one attached hydrogen (secondary N) is 1. The van der Waals surface area contributed by atoms with Gasteiger partial charge in [0.25, 0.3) is 0 Å². The Morgan fingerprint density at radius 3 is 2.75 bits per heavy atom. The van der Waals surface area contributed by atoms with E-state index in [1.807, 2.05) is 0 Å². The summed E-state index contributed by atoms with van der Waals surface area (Å²) in [5, 5.41) is 3.09. The van der Waals surface area contributed by atoms with E-state index >= 15 is 0 Å². The number of amides is 1. The Morgan fingerprint density at radius 2 is 2.17 bits per heavy atom. The zero-order valence-corrected chi connectivity index (χ0v) is 8.05. The highest BCUT2D eigenvalue weighted by atomic mass is 16.1. The molecule has 0 aromatic rings. The summed E-state index contributed by atoms with van der Waals surface area (Å²) >= 11 is 0. The maximum Gasteiger partial charge on any atom is 0.220 e. The lowest BCUT2D eigenvalue weighted by Crippen LogP contribution is -2.56. The minimum absolute atomic E-state index is 0.251. The molecule has 2 heteroatoms. The van der Waals surface area contributed by atoms with Crippen molar-refractivity contribution in [2.45, 2.75) is 39.7 Å². The Kier molecular flexibility index (Phi) is 1.51. The lowest BCUT2D eigenvalue weighted by atomic mass is 9.55. The molecule has 2 nitrogen and oxygen atoms in total. The smallest absolute Gasteiger partial charge is 0.220 e. The van der Waals surface area contributed by atoms with E-state index in [0.29, 0.717) is 17.4 Å². The van der Waals surface area contributed by atoms with Crippen molar-refractivity contribution in [3.63, 3.8) is 0 Å². The van der Waals surface area contributed by atoms with Crippen LogP contribution in [0.25, 0.3) is 0 Å². The Labute approximate surface area is 73.7 Å². The van der Waals surface area contributed by atoms with Crippen LogP contribution >= 0.6 is 0 Å². The third-order valence-corrected chi connectivity index (χ3v) is 3.87. The molecule has 12 heavy (non-hydrogen) atoms. The minimum Gasteiger partial charge on any atom is -0.353 e. The highest BCUT2D eigenvalue weighted by Gasteiger charge is 2.52. The van der Waals surface area contributed by atoms with Gasteiger partial charge < -0.3 is 5.32 Å². The van der Waals surface area contributed by atoms with Gasteiger partial charge in [0.1, 0.15) is 0 Å². The summed E-state index contributed by atoms with van der Waals surface area (Å²) in [6.45, 7) is 6.75. The lowest BCUT2D eigenvalue weighted by Gasteiger charge is -2.52. The van der Waals surface area contributed by atoms with Crippen molar-refractivity contribution in [1.82, 2.24) is 5.32 Å². The highest BCUT2D eigenvalue weighted by molar-refractivity contribution is 5.77. The average Bonchev–Trinajstić information content (AvgIpc) is 2.14. The molecule has 1 aliphatic carbocycles. The number of hydrogen-bond acceptors (Lipinski definition) is 1. The van der Waals surface area contributed by atoms with E-state index in [2.05, 4.69) is 26.1 Å². The predicted octanol–water partition coefficient (Wildman–Crippen LogP) is 1.56. The van der Waals surface area contributed by atoms with Crippen LogP contribution in [0.2, 0.25) is 0 Å². The second-order valence-corrected chi connectivity index (χ2v) is 4.97. The van der Waals surface area contributed by atoms with Gasteiger partial charge >= 0.3 is 0 Å². The van der Waals surface area contributed by atoms with Gasteiger partial charge in [-0.05, 0) is 23.7 Å². The zero-order valence-electron chi connectivity index (χ0n) is 8.05. The molecule has 1 saturated carbocycles. The number of carbonyl (C=O) groups excluding carboxylic acids is 1. The molecule has 0 aromatic heterocycles. The summed E-state index contributed by atoms with van der Waals surface area (Å²) in [6, 6.07) is 0.444. The van der Waals surface area contributed by atoms with Crippen LogP contribution in [-0.2, 0) is 4.79 Å². The van der Waals surface area contributed by atoms with Gasteiger partial charge in [-0.1, -0.05) is 20.8 Å². The van der Waals surface area contributed by atoms with Crippen LogP contribution in [0, 0.1) is 17.3 Å². The fraction of sp³-hybridized carbons (Fsp3) is 0.900. The van der Waals surface area contributed by atoms with E-state index in [0.717, 1.165) is 12.3 Å². The molecule has 3 fully saturated rings. The number of fused-ring (bicyclic) bond motifs is 3. The SMILES string of the molecule is C[C@H]1CC(=O)N[C@H]2C[C@H]1C2(C)C. The summed E-state index contributed by atoms with van der Waals surface area (Å²) in [5.74, 6) is 1.57. The van der Waals surface area contributed by atoms with E-state index in [4.69, 9.17) is 0 Å². The lowest BCUT2D eigenvalue weighted by molar-refractivity contribution is -0.122. The topological polar surface area (TPSA) is 29.1 Å². The van der Waals surface area contributed by atoms with E-state index in [9.17, 15) is 4.79 Å². The fourth-order valence-corrected chi connectivity index (χ4v) is 2.86. The van der Waals surface area contributed by atoms with Crippen LogP contribution in [0.4, 0.5) is 0 Å². The molecule has 0 aromatic carbocycles. The standard InChI is InChI=1S/C10H17NO/c1-6-4-9(12)11-8-5-7(6)10(8,2)3/h6-8H,4-5H2,1-3H3,(H,11,12)/t6-,7+,8-/m0/s1. The van der Waals surface area contributed by atoms with E-state index < -0.39 is 0 Å². The zero-order chi connectivity index (χ0) is 8.93. The first-order valence-corrected chi connectivity index (χ1v) is 4.81. The monoisotopic (exact) mass is 167 g/mol. The quantitative estimate of drug-likeness (QED) is 0.583. The maximum absolute atomic E-state index is 11.3. The number of carbonyl (C=O) groups is 1. The Balaban J connectivity index is 2.23. The molecule has 2 heterocycles. The van der Waals surface area contributed by atoms with E-state index in [1.165, 1.54) is 6.42 Å². The molecule has 68 valence electrons. The van der Waals surface area contributed by atoms with Crippen LogP contribution in [-0.4, -0.2) is 11.9 Å². The molecule has 2 bridgehead atoms. The molecule has 1 amide bonds. The molecular weight excluding hydrogens is 150 g/mol. The summed E-state index contributed by atoms with van der Waals surface area (Å²) in [6.07, 6.45) is 1.92. The number of rotatable bonds is 0. The predicted molar refractivity (Wildman–Crippen MR) is 47.6 cm³/mol. The van der Waals surface area contributed by atoms with E-state index in [1.54, 1.807) is 0 Å². The van der Waals surface area contributed by atoms with Crippen molar-refractivity contribution in [3.8, 4) is 0 Å². The number of hydrogen-bond donors (Lipinski definition) is 1. The second kappa shape index (κ2) is 2.24. The first kappa shape index (κ1) is 8.09. The summed E-state index contributed by atoms with van der Waals surface area (Å²) in [7, 11) is 0. The van der Waals surface area contributed by atoms with Crippen LogP contribution < -0.4 is 5.32 Å². The van der Waals surface area contributed by atoms with Crippen LogP contribution in [0.5, 0.6) is 0 Å². The van der Waals surface area contributed by atoms with Crippen molar-refractivity contribution in [2.24, 2.45) is 17.3 Å². The summed E-state index contributed by atoms with van der Waals surface area (Å²) in [4.78, 5) is 11.3. The molecule has 3 rings (SSSR count). The fourth-order valence-electron chi connectivity index (χ4n) is 2.86. The summed E-state index contributed by atoms with van der Waals surface area (Å²) in [5.41, 5.74) is 0.339. The van der Waals surface area contributed by atoms with Crippen molar-refractivity contribution in [1.29, 1.82) is 0 Å². The molecular formula is C10H17NO. The molecule has 3 aliphatic rings. The van der Waals surface area contributed by atoms with Crippen LogP contribution in [0.1, 0.15) is 33.6 Å². The van der Waals surface area contributed by atoms with Crippen LogP contribution in [0.3, 0.4) is 0 Å². The van der Waals surface area contributed by atoms with Crippen LogP contribution in [0.15, 0.2) is 0 Å². The molecule has 2 aliphatic heterocycles. The molecule has 1 N–H and O–H groups in total. The van der Waals surface area contributed by atoms with Gasteiger partial charge in [-0.3, -0.25) is 4.79 Å². The molecule has 2 saturated heterocycles. The third-order valence-electron chi connectivity index (χ3n) is 3.87. The van der Waals surface area contributed by atoms with Gasteiger partial charge in [0.2, 0.25) is 5.91 Å². The first-order chi connectivity index (χ1) is 5.51. The van der Waals surface area contributed by atoms with Gasteiger partial charge in [0.15, 0.2) is 0 Å². The molecule has 0 radical (unpaired) electrons. The maximum atomic E-state index is 11.3. The van der Waals surface area contributed by atoms with Crippen molar-refractivity contribution in [3.05, 3.63) is 0 Å². The van der Waals surface area contributed by atoms with Gasteiger partial charge in [-0.2, -0.15) is 0 Å². The molecule has 3 atom stereocenters. The molecule has 0 spiro atoms. The Morgan fingerprint density at radius 1 is 1.50 bits per heavy atom. The average molecular weight is 167 g/mol. The van der Waals surface area contributed by atoms with Crippen molar-refractivity contribution in [2.75, 3.05) is 0 Å². The summed E-state index contributed by atoms with van der Waals surface area (Å²) < 4.78 is 0. The van der Waals surface area contributed by atoms with Crippen molar-refractivity contribution >= 4 is 5.91 Å². The van der Waals surface area contributed by atoms with E-state index in [-0.39, 0.29) is 5.91 Å². The second-order valence-electron chi connectivity index (χ2n) is 4.97. The van der Waals surface area contributed by atoms with Gasteiger partial charge in [0, 0.05) is 12.5 Å². The molecule has 0 unspecified atom stereocenters. The first-order valence-electron chi connectivity index (χ1n) is 4.81. The minimum atomic E-state index is 0.251. The van der Waals surface area contributed by atoms with Gasteiger partial charge in [-0.15, -0.1) is 0 Å². The highest BCUT2D eigenvalue weighted by Crippen LogP contribution is 2.52. The van der Waals surface area contributed by atoms with Gasteiger partial charge in [0.05, 0.1) is 0 Å². The van der Waals surface area contributed by atoms with Crippen molar-refractivity contribution < 1.29 is 4.79 Å². The largest absolute Gasteiger partial charge is 0.353 e. The van der Waals surface area contributed by atoms with Gasteiger partial charge in [-0.25, -0.2) is 0 Å². The normalized spacial score (nSPS) is 44.2.